The van der Waals surface area contributed by atoms with Crippen LogP contribution in [0.1, 0.15) is 36.0 Å². The van der Waals surface area contributed by atoms with E-state index < -0.39 is 4.92 Å². The maximum atomic E-state index is 12.6. The Bertz CT molecular complexity index is 819. The smallest absolute Gasteiger partial charge is 0.293 e. The number of amides is 1. The number of carbonyl (C=O) groups excluding carboxylic acids is 1. The van der Waals surface area contributed by atoms with E-state index in [9.17, 15) is 14.9 Å². The second-order valence-electron chi connectivity index (χ2n) is 6.21. The van der Waals surface area contributed by atoms with E-state index >= 15 is 0 Å². The summed E-state index contributed by atoms with van der Waals surface area (Å²) in [5, 5.41) is 17.4. The van der Waals surface area contributed by atoms with Crippen molar-refractivity contribution in [3.63, 3.8) is 0 Å². The summed E-state index contributed by atoms with van der Waals surface area (Å²) in [4.78, 5) is 24.3. The summed E-state index contributed by atoms with van der Waals surface area (Å²) in [5.74, 6) is -0.352. The molecule has 136 valence electrons. The van der Waals surface area contributed by atoms with Gasteiger partial charge in [-0.15, -0.1) is 11.8 Å². The molecule has 7 heteroatoms. The molecule has 0 atom stereocenters. The highest BCUT2D eigenvalue weighted by Crippen LogP contribution is 2.38. The predicted molar refractivity (Wildman–Crippen MR) is 105 cm³/mol. The van der Waals surface area contributed by atoms with Gasteiger partial charge in [0.25, 0.3) is 11.6 Å². The van der Waals surface area contributed by atoms with Gasteiger partial charge in [0.15, 0.2) is 0 Å². The monoisotopic (exact) mass is 371 g/mol. The predicted octanol–water partition coefficient (Wildman–Crippen LogP) is 4.92. The van der Waals surface area contributed by atoms with Crippen LogP contribution in [-0.4, -0.2) is 23.1 Å². The fourth-order valence-corrected chi connectivity index (χ4v) is 4.42. The molecule has 2 N–H and O–H groups in total. The molecule has 0 radical (unpaired) electrons. The minimum absolute atomic E-state index is 0.117. The highest BCUT2D eigenvalue weighted by Gasteiger charge is 2.20. The lowest BCUT2D eigenvalue weighted by Crippen LogP contribution is -2.13. The Labute approximate surface area is 156 Å². The van der Waals surface area contributed by atoms with Gasteiger partial charge in [0.05, 0.1) is 10.6 Å². The number of benzene rings is 2. The molecule has 2 aromatic carbocycles. The van der Waals surface area contributed by atoms with E-state index in [1.165, 1.54) is 31.7 Å². The van der Waals surface area contributed by atoms with Crippen LogP contribution in [0.4, 0.5) is 17.1 Å². The number of thioether (sulfide) groups is 1. The molecule has 0 saturated heterocycles. The van der Waals surface area contributed by atoms with Crippen molar-refractivity contribution in [1.82, 2.24) is 0 Å². The SMILES string of the molecule is CNc1ccc(C(=O)Nc2ccccc2SC2CCCC2)cc1[N+](=O)[O-]. The number of carbonyl (C=O) groups is 1. The van der Waals surface area contributed by atoms with Crippen LogP contribution in [0.3, 0.4) is 0 Å². The Balaban J connectivity index is 1.80. The second kappa shape index (κ2) is 8.23. The minimum Gasteiger partial charge on any atom is -0.383 e. The minimum atomic E-state index is -0.494. The third kappa shape index (κ3) is 4.16. The molecule has 26 heavy (non-hydrogen) atoms. The molecule has 1 amide bonds. The van der Waals surface area contributed by atoms with E-state index in [-0.39, 0.29) is 17.2 Å². The van der Waals surface area contributed by atoms with Gasteiger partial charge in [-0.3, -0.25) is 14.9 Å². The molecular weight excluding hydrogens is 350 g/mol. The van der Waals surface area contributed by atoms with Crippen molar-refractivity contribution in [3.8, 4) is 0 Å². The molecule has 6 nitrogen and oxygen atoms in total. The number of nitro groups is 1. The van der Waals surface area contributed by atoms with Crippen LogP contribution >= 0.6 is 11.8 Å². The topological polar surface area (TPSA) is 84.3 Å². The molecule has 0 spiro atoms. The van der Waals surface area contributed by atoms with E-state index in [1.807, 2.05) is 24.3 Å². The first-order valence-electron chi connectivity index (χ1n) is 8.61. The Morgan fingerprint density at radius 2 is 1.88 bits per heavy atom. The maximum absolute atomic E-state index is 12.6. The normalized spacial score (nSPS) is 14.2. The number of rotatable bonds is 6. The second-order valence-corrected chi connectivity index (χ2v) is 7.56. The fourth-order valence-electron chi connectivity index (χ4n) is 3.09. The van der Waals surface area contributed by atoms with Crippen LogP contribution in [0.2, 0.25) is 0 Å². The van der Waals surface area contributed by atoms with Crippen molar-refractivity contribution in [2.45, 2.75) is 35.8 Å². The zero-order valence-corrected chi connectivity index (χ0v) is 15.3. The summed E-state index contributed by atoms with van der Waals surface area (Å²) in [6, 6.07) is 12.1. The lowest BCUT2D eigenvalue weighted by molar-refractivity contribution is -0.384. The zero-order chi connectivity index (χ0) is 18.5. The van der Waals surface area contributed by atoms with Gasteiger partial charge in [0.2, 0.25) is 0 Å². The summed E-state index contributed by atoms with van der Waals surface area (Å²) >= 11 is 1.80. The van der Waals surface area contributed by atoms with Gasteiger partial charge >= 0.3 is 0 Å². The van der Waals surface area contributed by atoms with E-state index in [2.05, 4.69) is 10.6 Å². The van der Waals surface area contributed by atoms with Crippen LogP contribution in [0.5, 0.6) is 0 Å². The molecule has 1 saturated carbocycles. The Morgan fingerprint density at radius 3 is 2.58 bits per heavy atom. The summed E-state index contributed by atoms with van der Waals surface area (Å²) in [5.41, 5.74) is 1.27. The molecule has 0 unspecified atom stereocenters. The first-order chi connectivity index (χ1) is 12.6. The number of hydrogen-bond acceptors (Lipinski definition) is 5. The lowest BCUT2D eigenvalue weighted by atomic mass is 10.1. The number of nitro benzene ring substituents is 1. The van der Waals surface area contributed by atoms with Crippen LogP contribution in [-0.2, 0) is 0 Å². The highest BCUT2D eigenvalue weighted by atomic mass is 32.2. The molecule has 0 bridgehead atoms. The van der Waals surface area contributed by atoms with E-state index in [4.69, 9.17) is 0 Å². The average Bonchev–Trinajstić information content (AvgIpc) is 3.15. The maximum Gasteiger partial charge on any atom is 0.293 e. The molecule has 0 aromatic heterocycles. The first-order valence-corrected chi connectivity index (χ1v) is 9.49. The summed E-state index contributed by atoms with van der Waals surface area (Å²) < 4.78 is 0. The van der Waals surface area contributed by atoms with Crippen LogP contribution < -0.4 is 10.6 Å². The fraction of sp³-hybridized carbons (Fsp3) is 0.316. The summed E-state index contributed by atoms with van der Waals surface area (Å²) in [6.07, 6.45) is 4.91. The van der Waals surface area contributed by atoms with Crippen molar-refractivity contribution in [3.05, 3.63) is 58.1 Å². The molecule has 3 rings (SSSR count). The van der Waals surface area contributed by atoms with Crippen molar-refractivity contribution < 1.29 is 9.72 Å². The van der Waals surface area contributed by atoms with Crippen LogP contribution in [0.25, 0.3) is 0 Å². The molecule has 0 heterocycles. The molecule has 0 aliphatic heterocycles. The van der Waals surface area contributed by atoms with Gasteiger partial charge in [-0.05, 0) is 37.1 Å². The molecule has 1 aliphatic rings. The van der Waals surface area contributed by atoms with Gasteiger partial charge in [-0.1, -0.05) is 25.0 Å². The Morgan fingerprint density at radius 1 is 1.15 bits per heavy atom. The Hall–Kier alpha value is -2.54. The summed E-state index contributed by atoms with van der Waals surface area (Å²) in [6.45, 7) is 0. The van der Waals surface area contributed by atoms with E-state index in [0.717, 1.165) is 10.6 Å². The number of nitrogens with zero attached hydrogens (tertiary/aromatic N) is 1. The zero-order valence-electron chi connectivity index (χ0n) is 14.5. The summed E-state index contributed by atoms with van der Waals surface area (Å²) in [7, 11) is 1.61. The van der Waals surface area contributed by atoms with Crippen LogP contribution in [0.15, 0.2) is 47.4 Å². The largest absolute Gasteiger partial charge is 0.383 e. The lowest BCUT2D eigenvalue weighted by Gasteiger charge is -2.14. The van der Waals surface area contributed by atoms with Gasteiger partial charge in [0.1, 0.15) is 5.69 Å². The van der Waals surface area contributed by atoms with E-state index in [0.29, 0.717) is 10.9 Å². The van der Waals surface area contributed by atoms with Gasteiger partial charge < -0.3 is 10.6 Å². The molecule has 1 aliphatic carbocycles. The molecule has 1 fully saturated rings. The molecule has 2 aromatic rings. The van der Waals surface area contributed by atoms with Crippen molar-refractivity contribution in [2.24, 2.45) is 0 Å². The Kier molecular flexibility index (Phi) is 5.78. The van der Waals surface area contributed by atoms with Crippen molar-refractivity contribution in [2.75, 3.05) is 17.7 Å². The van der Waals surface area contributed by atoms with Crippen molar-refractivity contribution in [1.29, 1.82) is 0 Å². The first kappa shape index (κ1) is 18.3. The van der Waals surface area contributed by atoms with Crippen molar-refractivity contribution >= 4 is 34.7 Å². The van der Waals surface area contributed by atoms with Gasteiger partial charge in [-0.2, -0.15) is 0 Å². The van der Waals surface area contributed by atoms with Gasteiger partial charge in [0, 0.05) is 28.8 Å². The molecular formula is C19H21N3O3S. The van der Waals surface area contributed by atoms with Crippen LogP contribution in [0, 0.1) is 10.1 Å². The third-order valence-corrected chi connectivity index (χ3v) is 5.87. The number of nitrogens with one attached hydrogen (secondary N) is 2. The third-order valence-electron chi connectivity index (χ3n) is 4.46. The highest BCUT2D eigenvalue weighted by molar-refractivity contribution is 8.00. The number of hydrogen-bond donors (Lipinski definition) is 2. The van der Waals surface area contributed by atoms with Gasteiger partial charge in [-0.25, -0.2) is 0 Å². The van der Waals surface area contributed by atoms with E-state index in [1.54, 1.807) is 30.9 Å². The standard InChI is InChI=1S/C19H21N3O3S/c1-20-15-11-10-13(12-17(15)22(24)25)19(23)21-16-8-4-5-9-18(16)26-14-6-2-3-7-14/h4-5,8-12,14,20H,2-3,6-7H2,1H3,(H,21,23). The number of anilines is 2. The number of para-hydroxylation sites is 1. The quantitative estimate of drug-likeness (QED) is 0.556. The average molecular weight is 371 g/mol.